The Hall–Kier alpha value is -1.07. The Morgan fingerprint density at radius 3 is 2.68 bits per heavy atom. The van der Waals surface area contributed by atoms with Crippen LogP contribution in [0.25, 0.3) is 0 Å². The van der Waals surface area contributed by atoms with Gasteiger partial charge in [0.15, 0.2) is 0 Å². The third kappa shape index (κ3) is 3.94. The standard InChI is InChI=1S/C13H16ClNO3S/c1-9-2-5-11(19(14,17)18)8-12(9)13(16)15-7-6-10-3-4-10/h2,5,8,10H,3-4,6-7H2,1H3,(H,15,16). The lowest BCUT2D eigenvalue weighted by molar-refractivity contribution is 0.0952. The molecule has 19 heavy (non-hydrogen) atoms. The fourth-order valence-electron chi connectivity index (χ4n) is 1.89. The molecule has 0 aromatic heterocycles. The number of aryl methyl sites for hydroxylation is 1. The first kappa shape index (κ1) is 14.3. The lowest BCUT2D eigenvalue weighted by atomic mass is 10.1. The average Bonchev–Trinajstić information content (AvgIpc) is 3.12. The van der Waals surface area contributed by atoms with Gasteiger partial charge in [-0.1, -0.05) is 18.9 Å². The van der Waals surface area contributed by atoms with Crippen LogP contribution in [0.15, 0.2) is 23.1 Å². The maximum absolute atomic E-state index is 12.0. The Labute approximate surface area is 117 Å². The predicted octanol–water partition coefficient (Wildman–Crippen LogP) is 2.45. The molecule has 0 spiro atoms. The summed E-state index contributed by atoms with van der Waals surface area (Å²) in [6.07, 6.45) is 3.47. The van der Waals surface area contributed by atoms with E-state index in [9.17, 15) is 13.2 Å². The van der Waals surface area contributed by atoms with Crippen molar-refractivity contribution in [2.45, 2.75) is 31.1 Å². The van der Waals surface area contributed by atoms with E-state index < -0.39 is 9.05 Å². The number of hydrogen-bond acceptors (Lipinski definition) is 3. The molecule has 1 aromatic rings. The maximum Gasteiger partial charge on any atom is 0.261 e. The molecule has 4 nitrogen and oxygen atoms in total. The largest absolute Gasteiger partial charge is 0.352 e. The van der Waals surface area contributed by atoms with Crippen LogP contribution < -0.4 is 5.32 Å². The Kier molecular flexibility index (Phi) is 4.16. The van der Waals surface area contributed by atoms with Crippen LogP contribution in [0.5, 0.6) is 0 Å². The van der Waals surface area contributed by atoms with Crippen molar-refractivity contribution in [3.05, 3.63) is 29.3 Å². The highest BCUT2D eigenvalue weighted by molar-refractivity contribution is 8.13. The van der Waals surface area contributed by atoms with Gasteiger partial charge in [0.25, 0.3) is 15.0 Å². The monoisotopic (exact) mass is 301 g/mol. The van der Waals surface area contributed by atoms with Gasteiger partial charge >= 0.3 is 0 Å². The third-order valence-electron chi connectivity index (χ3n) is 3.27. The first-order chi connectivity index (χ1) is 8.88. The number of amides is 1. The first-order valence-corrected chi connectivity index (χ1v) is 8.52. The van der Waals surface area contributed by atoms with E-state index in [2.05, 4.69) is 5.32 Å². The number of rotatable bonds is 5. The Bertz CT molecular complexity index is 594. The van der Waals surface area contributed by atoms with Gasteiger partial charge < -0.3 is 5.32 Å². The van der Waals surface area contributed by atoms with Crippen LogP contribution in [-0.2, 0) is 9.05 Å². The molecule has 0 unspecified atom stereocenters. The van der Waals surface area contributed by atoms with Crippen molar-refractivity contribution in [2.24, 2.45) is 5.92 Å². The van der Waals surface area contributed by atoms with E-state index in [1.807, 2.05) is 0 Å². The van der Waals surface area contributed by atoms with Gasteiger partial charge in [0.05, 0.1) is 4.90 Å². The maximum atomic E-state index is 12.0. The number of halogens is 1. The normalized spacial score (nSPS) is 15.3. The van der Waals surface area contributed by atoms with Gasteiger partial charge in [-0.05, 0) is 37.0 Å². The van der Waals surface area contributed by atoms with E-state index in [0.29, 0.717) is 12.1 Å². The molecule has 1 amide bonds. The zero-order valence-corrected chi connectivity index (χ0v) is 12.2. The van der Waals surface area contributed by atoms with Crippen LogP contribution >= 0.6 is 10.7 Å². The Morgan fingerprint density at radius 2 is 2.11 bits per heavy atom. The topological polar surface area (TPSA) is 63.2 Å². The van der Waals surface area contributed by atoms with E-state index in [1.165, 1.54) is 25.0 Å². The lowest BCUT2D eigenvalue weighted by Gasteiger charge is -2.08. The molecule has 1 aliphatic carbocycles. The summed E-state index contributed by atoms with van der Waals surface area (Å²) in [4.78, 5) is 11.9. The second-order valence-corrected chi connectivity index (χ2v) is 7.47. The van der Waals surface area contributed by atoms with Crippen LogP contribution in [0, 0.1) is 12.8 Å². The quantitative estimate of drug-likeness (QED) is 0.850. The van der Waals surface area contributed by atoms with Crippen molar-refractivity contribution in [3.63, 3.8) is 0 Å². The van der Waals surface area contributed by atoms with Gasteiger partial charge in [0, 0.05) is 22.8 Å². The van der Waals surface area contributed by atoms with Crippen molar-refractivity contribution in [1.82, 2.24) is 5.32 Å². The first-order valence-electron chi connectivity index (χ1n) is 6.21. The van der Waals surface area contributed by atoms with Crippen LogP contribution in [-0.4, -0.2) is 20.9 Å². The number of carbonyl (C=O) groups excluding carboxylic acids is 1. The number of benzene rings is 1. The highest BCUT2D eigenvalue weighted by Gasteiger charge is 2.21. The van der Waals surface area contributed by atoms with Gasteiger partial charge in [-0.25, -0.2) is 8.42 Å². The highest BCUT2D eigenvalue weighted by Crippen LogP contribution is 2.31. The summed E-state index contributed by atoms with van der Waals surface area (Å²) in [7, 11) is 1.47. The number of nitrogens with one attached hydrogen (secondary N) is 1. The minimum absolute atomic E-state index is 0.0490. The molecule has 0 aliphatic heterocycles. The van der Waals surface area contributed by atoms with Gasteiger partial charge in [-0.2, -0.15) is 0 Å². The van der Waals surface area contributed by atoms with Gasteiger partial charge in [-0.3, -0.25) is 4.79 Å². The summed E-state index contributed by atoms with van der Waals surface area (Å²) in [6, 6.07) is 4.31. The molecule has 2 rings (SSSR count). The molecule has 0 radical (unpaired) electrons. The summed E-state index contributed by atoms with van der Waals surface area (Å²) in [6.45, 7) is 2.39. The van der Waals surface area contributed by atoms with Gasteiger partial charge in [-0.15, -0.1) is 0 Å². The summed E-state index contributed by atoms with van der Waals surface area (Å²) in [5, 5.41) is 2.81. The van der Waals surface area contributed by atoms with E-state index in [4.69, 9.17) is 10.7 Å². The van der Waals surface area contributed by atoms with Crippen molar-refractivity contribution >= 4 is 25.6 Å². The molecule has 0 saturated heterocycles. The van der Waals surface area contributed by atoms with Crippen molar-refractivity contribution < 1.29 is 13.2 Å². The van der Waals surface area contributed by atoms with E-state index in [1.54, 1.807) is 13.0 Å². The molecule has 0 atom stereocenters. The molecule has 1 N–H and O–H groups in total. The molecule has 1 fully saturated rings. The van der Waals surface area contributed by atoms with Crippen LogP contribution in [0.3, 0.4) is 0 Å². The lowest BCUT2D eigenvalue weighted by Crippen LogP contribution is -2.25. The molecule has 1 saturated carbocycles. The summed E-state index contributed by atoms with van der Waals surface area (Å²) in [5.74, 6) is 0.497. The third-order valence-corrected chi connectivity index (χ3v) is 4.62. The number of hydrogen-bond donors (Lipinski definition) is 1. The summed E-state index contributed by atoms with van der Waals surface area (Å²) < 4.78 is 22.5. The molecule has 1 aromatic carbocycles. The molecular formula is C13H16ClNO3S. The van der Waals surface area contributed by atoms with Crippen LogP contribution in [0.4, 0.5) is 0 Å². The molecule has 104 valence electrons. The summed E-state index contributed by atoms with van der Waals surface area (Å²) >= 11 is 0. The average molecular weight is 302 g/mol. The van der Waals surface area contributed by atoms with Crippen molar-refractivity contribution in [2.75, 3.05) is 6.54 Å². The van der Waals surface area contributed by atoms with Crippen molar-refractivity contribution in [3.8, 4) is 0 Å². The second kappa shape index (κ2) is 5.51. The Morgan fingerprint density at radius 1 is 1.42 bits per heavy atom. The number of carbonyl (C=O) groups is 1. The SMILES string of the molecule is Cc1ccc(S(=O)(=O)Cl)cc1C(=O)NCCC1CC1. The van der Waals surface area contributed by atoms with E-state index >= 15 is 0 Å². The van der Waals surface area contributed by atoms with Gasteiger partial charge in [0.2, 0.25) is 0 Å². The molecular weight excluding hydrogens is 286 g/mol. The molecule has 1 aliphatic rings. The molecule has 6 heteroatoms. The smallest absolute Gasteiger partial charge is 0.261 e. The minimum Gasteiger partial charge on any atom is -0.352 e. The van der Waals surface area contributed by atoms with Crippen LogP contribution in [0.2, 0.25) is 0 Å². The Balaban J connectivity index is 2.10. The molecule has 0 bridgehead atoms. The predicted molar refractivity (Wildman–Crippen MR) is 73.9 cm³/mol. The van der Waals surface area contributed by atoms with E-state index in [-0.39, 0.29) is 10.8 Å². The van der Waals surface area contributed by atoms with Crippen LogP contribution in [0.1, 0.15) is 35.2 Å². The van der Waals surface area contributed by atoms with E-state index in [0.717, 1.165) is 17.9 Å². The fourth-order valence-corrected chi connectivity index (χ4v) is 2.67. The zero-order valence-electron chi connectivity index (χ0n) is 10.6. The second-order valence-electron chi connectivity index (χ2n) is 4.90. The minimum atomic E-state index is -3.81. The van der Waals surface area contributed by atoms with Crippen molar-refractivity contribution in [1.29, 1.82) is 0 Å². The zero-order chi connectivity index (χ0) is 14.0. The fraction of sp³-hybridized carbons (Fsp3) is 0.462. The van der Waals surface area contributed by atoms with Gasteiger partial charge in [0.1, 0.15) is 0 Å². The highest BCUT2D eigenvalue weighted by atomic mass is 35.7. The summed E-state index contributed by atoms with van der Waals surface area (Å²) in [5.41, 5.74) is 1.09. The molecule has 0 heterocycles.